The van der Waals surface area contributed by atoms with Crippen LogP contribution in [0.5, 0.6) is 0 Å². The van der Waals surface area contributed by atoms with E-state index in [-0.39, 0.29) is 28.5 Å². The van der Waals surface area contributed by atoms with Crippen LogP contribution in [0.4, 0.5) is 0 Å². The van der Waals surface area contributed by atoms with Gasteiger partial charge >= 0.3 is 21.1 Å². The second-order valence-corrected chi connectivity index (χ2v) is 3.30. The van der Waals surface area contributed by atoms with E-state index < -0.39 is 0 Å². The molecule has 2 rings (SSSR count). The van der Waals surface area contributed by atoms with Gasteiger partial charge in [0.1, 0.15) is 0 Å². The van der Waals surface area contributed by atoms with E-state index in [0.29, 0.717) is 0 Å². The standard InChI is InChI=1S/C7H13N2.C2H5.CH4.W/c1-8-3-6-4-9(2)7(6)5-8;1-2;;/h6-7H,1,3-5H2,2H3;1H2,2H3;1H4;/q2*-1;;+2. The molecule has 2 heterocycles. The van der Waals surface area contributed by atoms with Gasteiger partial charge in [0.25, 0.3) is 0 Å². The Labute approximate surface area is 97.9 Å². The van der Waals surface area contributed by atoms with Gasteiger partial charge in [-0.3, -0.25) is 7.05 Å². The fourth-order valence-electron chi connectivity index (χ4n) is 1.99. The van der Waals surface area contributed by atoms with Gasteiger partial charge in [0.15, 0.2) is 0 Å². The van der Waals surface area contributed by atoms with Crippen molar-refractivity contribution in [1.82, 2.24) is 9.80 Å². The topological polar surface area (TPSA) is 6.48 Å². The molecule has 78 valence electrons. The van der Waals surface area contributed by atoms with Crippen molar-refractivity contribution in [1.29, 1.82) is 0 Å². The predicted octanol–water partition coefficient (Wildman–Crippen LogP) is 1.50. The van der Waals surface area contributed by atoms with Crippen LogP contribution in [-0.4, -0.2) is 42.5 Å². The van der Waals surface area contributed by atoms with Crippen LogP contribution >= 0.6 is 0 Å². The maximum atomic E-state index is 3.92. The summed E-state index contributed by atoms with van der Waals surface area (Å²) < 4.78 is 0. The first-order valence-corrected chi connectivity index (χ1v) is 4.24. The average Bonchev–Trinajstić information content (AvgIpc) is 2.31. The normalized spacial score (nSPS) is 31.4. The summed E-state index contributed by atoms with van der Waals surface area (Å²) in [5.74, 6) is 0.937. The third kappa shape index (κ3) is 3.34. The molecule has 0 amide bonds. The number of hydrogen-bond acceptors (Lipinski definition) is 2. The SMILES string of the molecule is C.[CH2-]C.[CH2-]N1CC2CN(C)C2C1.[W+2]. The molecule has 2 nitrogen and oxygen atoms in total. The Morgan fingerprint density at radius 2 is 1.69 bits per heavy atom. The van der Waals surface area contributed by atoms with Gasteiger partial charge in [0.05, 0.1) is 0 Å². The molecule has 0 N–H and O–H groups in total. The summed E-state index contributed by atoms with van der Waals surface area (Å²) in [4.78, 5) is 4.59. The summed E-state index contributed by atoms with van der Waals surface area (Å²) in [6.07, 6.45) is 0. The third-order valence-electron chi connectivity index (χ3n) is 2.57. The van der Waals surface area contributed by atoms with Gasteiger partial charge in [-0.15, -0.1) is 0 Å². The van der Waals surface area contributed by atoms with Gasteiger partial charge in [-0.25, -0.2) is 0 Å². The van der Waals surface area contributed by atoms with Crippen molar-refractivity contribution < 1.29 is 21.1 Å². The second-order valence-electron chi connectivity index (χ2n) is 3.30. The number of hydrogen-bond donors (Lipinski definition) is 0. The van der Waals surface area contributed by atoms with Crippen LogP contribution in [0.3, 0.4) is 0 Å². The molecule has 0 saturated carbocycles. The zero-order chi connectivity index (χ0) is 8.43. The molecule has 2 saturated heterocycles. The van der Waals surface area contributed by atoms with E-state index in [4.69, 9.17) is 0 Å². The molecule has 2 unspecified atom stereocenters. The molecule has 2 aliphatic heterocycles. The minimum absolute atomic E-state index is 0. The van der Waals surface area contributed by atoms with Crippen LogP contribution in [0.2, 0.25) is 0 Å². The zero-order valence-electron chi connectivity index (χ0n) is 7.99. The molecule has 0 aromatic heterocycles. The molecular weight excluding hydrogens is 332 g/mol. The Balaban J connectivity index is 0. The van der Waals surface area contributed by atoms with Crippen molar-refractivity contribution in [2.75, 3.05) is 26.7 Å². The summed E-state index contributed by atoms with van der Waals surface area (Å²) in [5, 5.41) is 0. The fraction of sp³-hybridized carbons (Fsp3) is 0.800. The summed E-state index contributed by atoms with van der Waals surface area (Å²) in [5.41, 5.74) is 0. The molecular formula is C10H22N2W. The monoisotopic (exact) mass is 354 g/mol. The predicted molar refractivity (Wildman–Crippen MR) is 54.6 cm³/mol. The average molecular weight is 354 g/mol. The Morgan fingerprint density at radius 3 is 2.00 bits per heavy atom. The summed E-state index contributed by atoms with van der Waals surface area (Å²) >= 11 is 0. The van der Waals surface area contributed by atoms with E-state index in [2.05, 4.69) is 30.8 Å². The van der Waals surface area contributed by atoms with Gasteiger partial charge in [0, 0.05) is 12.6 Å². The van der Waals surface area contributed by atoms with Gasteiger partial charge in [0.2, 0.25) is 0 Å². The molecule has 3 heteroatoms. The van der Waals surface area contributed by atoms with Crippen molar-refractivity contribution in [2.24, 2.45) is 5.92 Å². The summed E-state index contributed by atoms with van der Waals surface area (Å²) in [6, 6.07) is 0.836. The summed E-state index contributed by atoms with van der Waals surface area (Å²) in [6.45, 7) is 8.69. The minimum Gasteiger partial charge on any atom is -0.458 e. The van der Waals surface area contributed by atoms with Crippen LogP contribution in [0.1, 0.15) is 14.4 Å². The Kier molecular flexibility index (Phi) is 8.61. The van der Waals surface area contributed by atoms with Crippen LogP contribution < -0.4 is 0 Å². The molecule has 2 aliphatic rings. The first-order valence-electron chi connectivity index (χ1n) is 4.24. The van der Waals surface area contributed by atoms with E-state index in [9.17, 15) is 0 Å². The van der Waals surface area contributed by atoms with Crippen molar-refractivity contribution in [3.8, 4) is 0 Å². The number of nitrogens with zero attached hydrogens (tertiary/aromatic N) is 2. The smallest absolute Gasteiger partial charge is 0.458 e. The van der Waals surface area contributed by atoms with E-state index >= 15 is 0 Å². The molecule has 0 aromatic carbocycles. The van der Waals surface area contributed by atoms with Crippen molar-refractivity contribution in [2.45, 2.75) is 20.4 Å². The molecule has 0 aliphatic carbocycles. The maximum Gasteiger partial charge on any atom is 2.00 e. The van der Waals surface area contributed by atoms with Crippen molar-refractivity contribution in [3.05, 3.63) is 14.0 Å². The first-order chi connectivity index (χ1) is 5.27. The Morgan fingerprint density at radius 1 is 1.15 bits per heavy atom. The number of rotatable bonds is 0. The third-order valence-corrected chi connectivity index (χ3v) is 2.57. The molecule has 0 aromatic rings. The Hall–Kier alpha value is 0.608. The van der Waals surface area contributed by atoms with Gasteiger partial charge in [-0.1, -0.05) is 7.43 Å². The number of likely N-dealkylation sites (tertiary alicyclic amines) is 2. The molecule has 2 atom stereocenters. The molecule has 13 heavy (non-hydrogen) atoms. The first kappa shape index (κ1) is 16.1. The van der Waals surface area contributed by atoms with Gasteiger partial charge < -0.3 is 16.7 Å². The second kappa shape index (κ2) is 6.97. The molecule has 0 bridgehead atoms. The van der Waals surface area contributed by atoms with Crippen molar-refractivity contribution in [3.63, 3.8) is 0 Å². The van der Waals surface area contributed by atoms with E-state index in [1.807, 2.05) is 0 Å². The maximum absolute atomic E-state index is 3.92. The largest absolute Gasteiger partial charge is 2.00 e. The minimum atomic E-state index is 0. The van der Waals surface area contributed by atoms with Crippen LogP contribution in [-0.2, 0) is 21.1 Å². The molecule has 2 fully saturated rings. The zero-order valence-corrected chi connectivity index (χ0v) is 10.9. The van der Waals surface area contributed by atoms with Crippen LogP contribution in [0.25, 0.3) is 0 Å². The fourth-order valence-corrected chi connectivity index (χ4v) is 1.99. The van der Waals surface area contributed by atoms with Crippen LogP contribution in [0.15, 0.2) is 0 Å². The van der Waals surface area contributed by atoms with Crippen LogP contribution in [0, 0.1) is 19.9 Å². The Bertz CT molecular complexity index is 130. The molecule has 0 radical (unpaired) electrons. The van der Waals surface area contributed by atoms with Gasteiger partial charge in [-0.05, 0) is 26.1 Å². The quantitative estimate of drug-likeness (QED) is 0.609. The van der Waals surface area contributed by atoms with Gasteiger partial charge in [-0.2, -0.15) is 6.92 Å². The van der Waals surface area contributed by atoms with E-state index in [1.54, 1.807) is 6.92 Å². The van der Waals surface area contributed by atoms with E-state index in [0.717, 1.165) is 12.0 Å². The number of likely N-dealkylation sites (N-methyl/N-ethyl adjacent to an activating group) is 1. The molecule has 0 spiro atoms. The summed E-state index contributed by atoms with van der Waals surface area (Å²) in [7, 11) is 6.11. The number of fused-ring (bicyclic) bond motifs is 1. The van der Waals surface area contributed by atoms with E-state index in [1.165, 1.54) is 19.6 Å². The van der Waals surface area contributed by atoms with Crippen molar-refractivity contribution >= 4 is 0 Å².